The van der Waals surface area contributed by atoms with Crippen molar-refractivity contribution >= 4 is 40.5 Å². The quantitative estimate of drug-likeness (QED) is 0.530. The molecule has 118 valence electrons. The number of carbonyl (C=O) groups is 2. The molecule has 0 fully saturated rings. The molecule has 0 bridgehead atoms. The van der Waals surface area contributed by atoms with Crippen molar-refractivity contribution in [2.45, 2.75) is 13.8 Å². The Balaban J connectivity index is 1.73. The second kappa shape index (κ2) is 6.05. The first-order valence-electron chi connectivity index (χ1n) is 6.61. The maximum Gasteiger partial charge on any atom is 0.378 e. The second-order valence-corrected chi connectivity index (χ2v) is 6.50. The number of aromatic nitrogens is 4. The summed E-state index contributed by atoms with van der Waals surface area (Å²) in [5.74, 6) is -0.929. The fourth-order valence-corrected chi connectivity index (χ4v) is 2.95. The summed E-state index contributed by atoms with van der Waals surface area (Å²) >= 11 is 6.89. The van der Waals surface area contributed by atoms with Gasteiger partial charge in [0.2, 0.25) is 5.78 Å². The van der Waals surface area contributed by atoms with Crippen molar-refractivity contribution < 1.29 is 14.3 Å². The molecule has 9 heteroatoms. The van der Waals surface area contributed by atoms with Crippen molar-refractivity contribution in [1.29, 1.82) is 0 Å². The van der Waals surface area contributed by atoms with Crippen LogP contribution in [0.25, 0.3) is 5.78 Å². The molecule has 0 amide bonds. The van der Waals surface area contributed by atoms with Gasteiger partial charge in [-0.3, -0.25) is 4.79 Å². The SMILES string of the molecule is Cc1cc(C)n2nc(C(=O)OCC(=O)c3ccc(Cl)s3)nc2n1. The van der Waals surface area contributed by atoms with Crippen LogP contribution in [-0.2, 0) is 4.74 Å². The monoisotopic (exact) mass is 350 g/mol. The number of ether oxygens (including phenoxy) is 1. The molecule has 0 aromatic carbocycles. The number of nitrogens with zero attached hydrogens (tertiary/aromatic N) is 4. The molecule has 0 spiro atoms. The molecule has 0 saturated carbocycles. The summed E-state index contributed by atoms with van der Waals surface area (Å²) < 4.78 is 6.91. The molecular weight excluding hydrogens is 340 g/mol. The third-order valence-electron chi connectivity index (χ3n) is 2.98. The van der Waals surface area contributed by atoms with Gasteiger partial charge in [-0.1, -0.05) is 11.6 Å². The minimum Gasteiger partial charge on any atom is -0.451 e. The van der Waals surface area contributed by atoms with Gasteiger partial charge in [-0.05, 0) is 32.0 Å². The van der Waals surface area contributed by atoms with Gasteiger partial charge in [-0.2, -0.15) is 4.98 Å². The highest BCUT2D eigenvalue weighted by Crippen LogP contribution is 2.21. The van der Waals surface area contributed by atoms with Gasteiger partial charge in [0.05, 0.1) is 9.21 Å². The van der Waals surface area contributed by atoms with E-state index < -0.39 is 12.6 Å². The molecule has 0 saturated heterocycles. The number of esters is 1. The number of rotatable bonds is 4. The van der Waals surface area contributed by atoms with Crippen molar-refractivity contribution in [2.24, 2.45) is 0 Å². The van der Waals surface area contributed by atoms with Crippen molar-refractivity contribution in [3.8, 4) is 0 Å². The highest BCUT2D eigenvalue weighted by molar-refractivity contribution is 7.18. The summed E-state index contributed by atoms with van der Waals surface area (Å²) in [4.78, 5) is 32.5. The highest BCUT2D eigenvalue weighted by atomic mass is 35.5. The standard InChI is InChI=1S/C14H11ClN4O3S/c1-7-5-8(2)19-14(16-7)17-12(18-19)13(21)22-6-9(20)10-3-4-11(15)23-10/h3-5H,6H2,1-2H3. The average Bonchev–Trinajstić information content (AvgIpc) is 3.10. The van der Waals surface area contributed by atoms with Crippen molar-refractivity contribution in [3.05, 3.63) is 44.6 Å². The van der Waals surface area contributed by atoms with E-state index in [9.17, 15) is 9.59 Å². The van der Waals surface area contributed by atoms with Gasteiger partial charge in [0.25, 0.3) is 11.6 Å². The van der Waals surface area contributed by atoms with E-state index in [1.807, 2.05) is 19.9 Å². The Morgan fingerprint density at radius 2 is 2.09 bits per heavy atom. The third kappa shape index (κ3) is 3.22. The minimum absolute atomic E-state index is 0.136. The normalized spacial score (nSPS) is 10.9. The molecule has 0 aliphatic heterocycles. The molecule has 3 heterocycles. The van der Waals surface area contributed by atoms with Crippen molar-refractivity contribution in [2.75, 3.05) is 6.61 Å². The number of hydrogen-bond donors (Lipinski definition) is 0. The van der Waals surface area contributed by atoms with Crippen LogP contribution in [0.4, 0.5) is 0 Å². The Morgan fingerprint density at radius 1 is 1.30 bits per heavy atom. The lowest BCUT2D eigenvalue weighted by Gasteiger charge is -1.99. The van der Waals surface area contributed by atoms with Gasteiger partial charge >= 0.3 is 5.97 Å². The lowest BCUT2D eigenvalue weighted by molar-refractivity contribution is 0.0464. The van der Waals surface area contributed by atoms with Crippen LogP contribution in [0.15, 0.2) is 18.2 Å². The lowest BCUT2D eigenvalue weighted by atomic mass is 10.3. The number of halogens is 1. The Kier molecular flexibility index (Phi) is 4.10. The van der Waals surface area contributed by atoms with E-state index in [2.05, 4.69) is 15.1 Å². The highest BCUT2D eigenvalue weighted by Gasteiger charge is 2.18. The van der Waals surface area contributed by atoms with E-state index in [1.54, 1.807) is 12.1 Å². The maximum atomic E-state index is 12.0. The Bertz CT molecular complexity index is 918. The number of Topliss-reactive ketones (excluding diaryl/α,β-unsaturated/α-hetero) is 1. The zero-order chi connectivity index (χ0) is 16.6. The summed E-state index contributed by atoms with van der Waals surface area (Å²) in [6.07, 6.45) is 0. The van der Waals surface area contributed by atoms with Crippen LogP contribution in [-0.4, -0.2) is 37.9 Å². The molecule has 0 aliphatic carbocycles. The minimum atomic E-state index is -0.774. The van der Waals surface area contributed by atoms with E-state index in [1.165, 1.54) is 4.52 Å². The van der Waals surface area contributed by atoms with Crippen LogP contribution < -0.4 is 0 Å². The summed E-state index contributed by atoms with van der Waals surface area (Å²) in [6, 6.07) is 5.02. The molecule has 7 nitrogen and oxygen atoms in total. The number of carbonyl (C=O) groups excluding carboxylic acids is 2. The van der Waals surface area contributed by atoms with Crippen LogP contribution in [0.5, 0.6) is 0 Å². The molecule has 0 atom stereocenters. The molecule has 3 aromatic rings. The Morgan fingerprint density at radius 3 is 2.78 bits per heavy atom. The number of hydrogen-bond acceptors (Lipinski definition) is 7. The molecule has 0 unspecified atom stereocenters. The summed E-state index contributed by atoms with van der Waals surface area (Å²) in [5, 5.41) is 4.05. The number of aryl methyl sites for hydroxylation is 2. The van der Waals surface area contributed by atoms with Crippen LogP contribution in [0, 0.1) is 13.8 Å². The number of ketones is 1. The van der Waals surface area contributed by atoms with Gasteiger partial charge in [0.15, 0.2) is 6.61 Å². The van der Waals surface area contributed by atoms with E-state index in [0.29, 0.717) is 15.0 Å². The average molecular weight is 351 g/mol. The zero-order valence-corrected chi connectivity index (χ0v) is 13.8. The van der Waals surface area contributed by atoms with Crippen molar-refractivity contribution in [3.63, 3.8) is 0 Å². The summed E-state index contributed by atoms with van der Waals surface area (Å²) in [6.45, 7) is 3.26. The van der Waals surface area contributed by atoms with Gasteiger partial charge < -0.3 is 4.74 Å². The maximum absolute atomic E-state index is 12.0. The molecule has 23 heavy (non-hydrogen) atoms. The molecular formula is C14H11ClN4O3S. The van der Waals surface area contributed by atoms with E-state index in [4.69, 9.17) is 16.3 Å². The zero-order valence-electron chi connectivity index (χ0n) is 12.2. The van der Waals surface area contributed by atoms with Gasteiger partial charge in [0, 0.05) is 11.4 Å². The van der Waals surface area contributed by atoms with Crippen LogP contribution >= 0.6 is 22.9 Å². The van der Waals surface area contributed by atoms with E-state index in [-0.39, 0.29) is 11.6 Å². The Hall–Kier alpha value is -2.32. The second-order valence-electron chi connectivity index (χ2n) is 4.79. The first kappa shape index (κ1) is 15.6. The topological polar surface area (TPSA) is 86.5 Å². The Labute approximate surface area is 139 Å². The fraction of sp³-hybridized carbons (Fsp3) is 0.214. The molecule has 0 radical (unpaired) electrons. The predicted molar refractivity (Wildman–Crippen MR) is 84.2 cm³/mol. The molecule has 3 aromatic heterocycles. The van der Waals surface area contributed by atoms with E-state index >= 15 is 0 Å². The van der Waals surface area contributed by atoms with Crippen LogP contribution in [0.2, 0.25) is 4.34 Å². The number of thiophene rings is 1. The largest absolute Gasteiger partial charge is 0.451 e. The van der Waals surface area contributed by atoms with Crippen LogP contribution in [0.3, 0.4) is 0 Å². The van der Waals surface area contributed by atoms with Gasteiger partial charge in [-0.15, -0.1) is 16.4 Å². The fourth-order valence-electron chi connectivity index (χ4n) is 1.98. The first-order chi connectivity index (χ1) is 10.9. The van der Waals surface area contributed by atoms with Gasteiger partial charge in [-0.25, -0.2) is 14.3 Å². The lowest BCUT2D eigenvalue weighted by Crippen LogP contribution is -2.14. The van der Waals surface area contributed by atoms with Gasteiger partial charge in [0.1, 0.15) is 0 Å². The first-order valence-corrected chi connectivity index (χ1v) is 7.80. The van der Waals surface area contributed by atoms with Crippen molar-refractivity contribution in [1.82, 2.24) is 19.6 Å². The van der Waals surface area contributed by atoms with Crippen LogP contribution in [0.1, 0.15) is 31.7 Å². The smallest absolute Gasteiger partial charge is 0.378 e. The molecule has 3 rings (SSSR count). The molecule has 0 N–H and O–H groups in total. The summed E-state index contributed by atoms with van der Waals surface area (Å²) in [5.41, 5.74) is 1.57. The third-order valence-corrected chi connectivity index (χ3v) is 4.26. The van der Waals surface area contributed by atoms with E-state index in [0.717, 1.165) is 22.7 Å². The number of fused-ring (bicyclic) bond motifs is 1. The molecule has 0 aliphatic rings. The summed E-state index contributed by atoms with van der Waals surface area (Å²) in [7, 11) is 0. The predicted octanol–water partition coefficient (Wildman–Crippen LogP) is 2.50.